The summed E-state index contributed by atoms with van der Waals surface area (Å²) in [5.74, 6) is 1.71. The predicted molar refractivity (Wildman–Crippen MR) is 80.3 cm³/mol. The van der Waals surface area contributed by atoms with Crippen molar-refractivity contribution in [3.05, 3.63) is 24.4 Å². The van der Waals surface area contributed by atoms with Crippen LogP contribution in [0.1, 0.15) is 6.42 Å². The largest absolute Gasteiger partial charge is 0.354 e. The lowest BCUT2D eigenvalue weighted by Crippen LogP contribution is -2.49. The third-order valence-corrected chi connectivity index (χ3v) is 5.44. The van der Waals surface area contributed by atoms with Crippen molar-refractivity contribution in [3.8, 4) is 0 Å². The lowest BCUT2D eigenvalue weighted by molar-refractivity contribution is 0.383. The van der Waals surface area contributed by atoms with Crippen LogP contribution in [0.4, 0.5) is 5.82 Å². The third-order valence-electron chi connectivity index (χ3n) is 3.17. The van der Waals surface area contributed by atoms with E-state index in [2.05, 4.69) is 22.5 Å². The molecule has 1 aliphatic rings. The van der Waals surface area contributed by atoms with Crippen LogP contribution in [0.15, 0.2) is 24.4 Å². The maximum atomic E-state index is 12.0. The molecule has 1 aromatic rings. The van der Waals surface area contributed by atoms with Crippen molar-refractivity contribution < 1.29 is 8.42 Å². The summed E-state index contributed by atoms with van der Waals surface area (Å²) in [6, 6.07) is 5.77. The summed E-state index contributed by atoms with van der Waals surface area (Å²) in [5, 5.41) is 0. The van der Waals surface area contributed by atoms with Crippen LogP contribution in [0.3, 0.4) is 0 Å². The van der Waals surface area contributed by atoms with E-state index >= 15 is 0 Å². The molecule has 0 unspecified atom stereocenters. The van der Waals surface area contributed by atoms with Gasteiger partial charge in [0, 0.05) is 32.4 Å². The summed E-state index contributed by atoms with van der Waals surface area (Å²) in [7, 11) is -3.11. The highest BCUT2D eigenvalue weighted by Crippen LogP contribution is 2.15. The van der Waals surface area contributed by atoms with Crippen molar-refractivity contribution in [2.24, 2.45) is 0 Å². The maximum Gasteiger partial charge on any atom is 0.214 e. The van der Waals surface area contributed by atoms with E-state index in [0.717, 1.165) is 5.82 Å². The van der Waals surface area contributed by atoms with E-state index in [0.29, 0.717) is 38.4 Å². The van der Waals surface area contributed by atoms with Crippen molar-refractivity contribution in [2.45, 2.75) is 6.42 Å². The number of rotatable bonds is 5. The molecule has 0 amide bonds. The second kappa shape index (κ2) is 6.58. The molecule has 106 valence electrons. The quantitative estimate of drug-likeness (QED) is 0.820. The Balaban J connectivity index is 1.92. The Kier molecular flexibility index (Phi) is 5.06. The van der Waals surface area contributed by atoms with Gasteiger partial charge in [0.1, 0.15) is 5.82 Å². The van der Waals surface area contributed by atoms with E-state index in [4.69, 9.17) is 0 Å². The summed E-state index contributed by atoms with van der Waals surface area (Å²) in [6.45, 7) is 2.45. The first-order valence-corrected chi connectivity index (χ1v) is 8.62. The topological polar surface area (TPSA) is 53.5 Å². The molecule has 1 aliphatic heterocycles. The number of piperazine rings is 1. The van der Waals surface area contributed by atoms with Crippen LogP contribution in [0.5, 0.6) is 0 Å². The molecule has 0 saturated carbocycles. The Morgan fingerprint density at radius 3 is 2.53 bits per heavy atom. The average molecular weight is 301 g/mol. The van der Waals surface area contributed by atoms with Crippen molar-refractivity contribution >= 4 is 28.5 Å². The summed E-state index contributed by atoms with van der Waals surface area (Å²) < 4.78 is 25.7. The summed E-state index contributed by atoms with van der Waals surface area (Å²) in [5.41, 5.74) is 0. The molecule has 0 radical (unpaired) electrons. The minimum Gasteiger partial charge on any atom is -0.354 e. The maximum absolute atomic E-state index is 12.0. The first-order chi connectivity index (χ1) is 9.13. The van der Waals surface area contributed by atoms with Gasteiger partial charge in [-0.2, -0.15) is 16.9 Å². The van der Waals surface area contributed by atoms with E-state index in [-0.39, 0.29) is 5.75 Å². The van der Waals surface area contributed by atoms with Gasteiger partial charge >= 0.3 is 0 Å². The summed E-state index contributed by atoms with van der Waals surface area (Å²) in [4.78, 5) is 6.40. The van der Waals surface area contributed by atoms with Crippen LogP contribution in [0.25, 0.3) is 0 Å². The normalized spacial score (nSPS) is 17.6. The number of anilines is 1. The van der Waals surface area contributed by atoms with Crippen molar-refractivity contribution in [2.75, 3.05) is 42.6 Å². The minimum absolute atomic E-state index is 0.195. The first-order valence-electron chi connectivity index (χ1n) is 6.38. The summed E-state index contributed by atoms with van der Waals surface area (Å²) >= 11 is 4.06. The molecule has 1 saturated heterocycles. The lowest BCUT2D eigenvalue weighted by atomic mass is 10.3. The standard InChI is InChI=1S/C12H19N3O2S2/c16-19(17,11-3-10-18)15-8-6-14(7-9-15)12-4-1-2-5-13-12/h1-2,4-5,18H,3,6-11H2. The summed E-state index contributed by atoms with van der Waals surface area (Å²) in [6.07, 6.45) is 2.36. The van der Waals surface area contributed by atoms with E-state index in [1.807, 2.05) is 18.2 Å². The van der Waals surface area contributed by atoms with Gasteiger partial charge in [0.05, 0.1) is 5.75 Å². The zero-order valence-corrected chi connectivity index (χ0v) is 12.5. The van der Waals surface area contributed by atoms with Gasteiger partial charge < -0.3 is 4.90 Å². The second-order valence-electron chi connectivity index (χ2n) is 4.47. The van der Waals surface area contributed by atoms with E-state index in [9.17, 15) is 8.42 Å². The fraction of sp³-hybridized carbons (Fsp3) is 0.583. The van der Waals surface area contributed by atoms with Gasteiger partial charge in [0.25, 0.3) is 0 Å². The molecule has 0 N–H and O–H groups in total. The Bertz CT molecular complexity index is 485. The van der Waals surface area contributed by atoms with Crippen LogP contribution >= 0.6 is 12.6 Å². The number of nitrogens with zero attached hydrogens (tertiary/aromatic N) is 3. The molecule has 7 heteroatoms. The van der Waals surface area contributed by atoms with Crippen LogP contribution in [0.2, 0.25) is 0 Å². The molecule has 0 aromatic carbocycles. The van der Waals surface area contributed by atoms with E-state index in [1.54, 1.807) is 10.5 Å². The van der Waals surface area contributed by atoms with Gasteiger partial charge in [-0.1, -0.05) is 6.07 Å². The van der Waals surface area contributed by atoms with Gasteiger partial charge in [-0.15, -0.1) is 0 Å². The SMILES string of the molecule is O=S(=O)(CCCS)N1CCN(c2ccccn2)CC1. The lowest BCUT2D eigenvalue weighted by Gasteiger charge is -2.34. The average Bonchev–Trinajstić information content (AvgIpc) is 2.46. The molecule has 0 aliphatic carbocycles. The van der Waals surface area contributed by atoms with Crippen molar-refractivity contribution in [3.63, 3.8) is 0 Å². The molecule has 2 rings (SSSR count). The second-order valence-corrected chi connectivity index (χ2v) is 7.00. The van der Waals surface area contributed by atoms with E-state index in [1.165, 1.54) is 0 Å². The Morgan fingerprint density at radius 2 is 1.95 bits per heavy atom. The van der Waals surface area contributed by atoms with Gasteiger partial charge in [-0.05, 0) is 24.3 Å². The molecule has 1 fully saturated rings. The van der Waals surface area contributed by atoms with Gasteiger partial charge in [0.2, 0.25) is 10.0 Å². The highest BCUT2D eigenvalue weighted by molar-refractivity contribution is 7.89. The highest BCUT2D eigenvalue weighted by atomic mass is 32.2. The van der Waals surface area contributed by atoms with E-state index < -0.39 is 10.0 Å². The Morgan fingerprint density at radius 1 is 1.21 bits per heavy atom. The number of aromatic nitrogens is 1. The molecule has 5 nitrogen and oxygen atoms in total. The third kappa shape index (κ3) is 3.84. The molecule has 0 spiro atoms. The van der Waals surface area contributed by atoms with Crippen molar-refractivity contribution in [1.82, 2.24) is 9.29 Å². The van der Waals surface area contributed by atoms with Crippen LogP contribution in [0, 0.1) is 0 Å². The fourth-order valence-electron chi connectivity index (χ4n) is 2.11. The zero-order valence-electron chi connectivity index (χ0n) is 10.8. The molecule has 19 heavy (non-hydrogen) atoms. The molecule has 0 atom stereocenters. The van der Waals surface area contributed by atoms with Crippen LogP contribution in [-0.2, 0) is 10.0 Å². The number of thiol groups is 1. The number of sulfonamides is 1. The monoisotopic (exact) mass is 301 g/mol. The molecule has 1 aromatic heterocycles. The minimum atomic E-state index is -3.11. The smallest absolute Gasteiger partial charge is 0.214 e. The fourth-order valence-corrected chi connectivity index (χ4v) is 3.97. The van der Waals surface area contributed by atoms with Gasteiger partial charge in [-0.3, -0.25) is 0 Å². The predicted octanol–water partition coefficient (Wildman–Crippen LogP) is 0.853. The Labute approximate surface area is 120 Å². The van der Waals surface area contributed by atoms with Crippen LogP contribution in [-0.4, -0.2) is 55.4 Å². The molecule has 2 heterocycles. The van der Waals surface area contributed by atoms with Crippen LogP contribution < -0.4 is 4.90 Å². The van der Waals surface area contributed by atoms with Gasteiger partial charge in [-0.25, -0.2) is 13.4 Å². The zero-order chi connectivity index (χ0) is 13.7. The first kappa shape index (κ1) is 14.6. The molecular weight excluding hydrogens is 282 g/mol. The Hall–Kier alpha value is -0.790. The highest BCUT2D eigenvalue weighted by Gasteiger charge is 2.26. The molecule has 0 bridgehead atoms. The van der Waals surface area contributed by atoms with Gasteiger partial charge in [0.15, 0.2) is 0 Å². The number of hydrogen-bond donors (Lipinski definition) is 1. The molecular formula is C12H19N3O2S2. The van der Waals surface area contributed by atoms with Crippen molar-refractivity contribution in [1.29, 1.82) is 0 Å². The number of hydrogen-bond acceptors (Lipinski definition) is 5. The number of pyridine rings is 1.